The summed E-state index contributed by atoms with van der Waals surface area (Å²) in [7, 11) is 0.964. The summed E-state index contributed by atoms with van der Waals surface area (Å²) in [5.41, 5.74) is 1.19. The van der Waals surface area contributed by atoms with Crippen molar-refractivity contribution < 1.29 is 22.7 Å². The van der Waals surface area contributed by atoms with E-state index in [9.17, 15) is 13.2 Å². The van der Waals surface area contributed by atoms with E-state index in [0.717, 1.165) is 9.87 Å². The first-order valence-corrected chi connectivity index (χ1v) is 9.79. The van der Waals surface area contributed by atoms with Gasteiger partial charge in [-0.2, -0.15) is 0 Å². The number of carbonyl (C=O) groups excluding carboxylic acids is 1. The first kappa shape index (κ1) is 20.7. The maximum Gasteiger partial charge on any atom is 0.242 e. The molecule has 0 spiro atoms. The molecule has 0 aliphatic heterocycles. The molecule has 2 rings (SSSR count). The van der Waals surface area contributed by atoms with Crippen LogP contribution in [0.1, 0.15) is 22.8 Å². The van der Waals surface area contributed by atoms with Crippen LogP contribution in [0.5, 0.6) is 11.5 Å². The third kappa shape index (κ3) is 4.96. The highest BCUT2D eigenvalue weighted by molar-refractivity contribution is 7.89. The molecule has 0 radical (unpaired) electrons. The normalized spacial score (nSPS) is 11.7. The Bertz CT molecular complexity index is 931. The lowest BCUT2D eigenvalue weighted by molar-refractivity contribution is 0.104. The highest BCUT2D eigenvalue weighted by atomic mass is 32.2. The average molecular weight is 389 g/mol. The van der Waals surface area contributed by atoms with Gasteiger partial charge in [0.25, 0.3) is 0 Å². The number of allylic oxidation sites excluding steroid dienone is 1. The van der Waals surface area contributed by atoms with Gasteiger partial charge < -0.3 is 9.47 Å². The largest absolute Gasteiger partial charge is 0.493 e. The molecule has 0 aromatic heterocycles. The lowest BCUT2D eigenvalue weighted by Gasteiger charge is -2.11. The van der Waals surface area contributed by atoms with Crippen LogP contribution in [0.15, 0.2) is 53.4 Å². The summed E-state index contributed by atoms with van der Waals surface area (Å²) in [6, 6.07) is 11.2. The zero-order chi connectivity index (χ0) is 20.0. The van der Waals surface area contributed by atoms with Gasteiger partial charge in [-0.3, -0.25) is 4.79 Å². The van der Waals surface area contributed by atoms with Crippen LogP contribution in [-0.2, 0) is 10.0 Å². The number of benzene rings is 2. The highest BCUT2D eigenvalue weighted by Crippen LogP contribution is 2.28. The van der Waals surface area contributed by atoms with Gasteiger partial charge >= 0.3 is 0 Å². The van der Waals surface area contributed by atoms with Crippen molar-refractivity contribution in [3.8, 4) is 11.5 Å². The number of ether oxygens (including phenoxy) is 2. The molecule has 6 nitrogen and oxygen atoms in total. The molecule has 0 N–H and O–H groups in total. The molecule has 0 amide bonds. The van der Waals surface area contributed by atoms with E-state index in [0.29, 0.717) is 23.7 Å². The van der Waals surface area contributed by atoms with Gasteiger partial charge in [0.1, 0.15) is 0 Å². The third-order valence-electron chi connectivity index (χ3n) is 3.83. The Morgan fingerprint density at radius 3 is 2.30 bits per heavy atom. The van der Waals surface area contributed by atoms with Crippen LogP contribution in [0.25, 0.3) is 6.08 Å². The molecule has 0 aliphatic carbocycles. The molecule has 0 aliphatic rings. The summed E-state index contributed by atoms with van der Waals surface area (Å²) < 4.78 is 36.0. The number of methoxy groups -OCH3 is 1. The summed E-state index contributed by atoms with van der Waals surface area (Å²) in [6.45, 7) is 2.42. The van der Waals surface area contributed by atoms with Crippen LogP contribution in [0.2, 0.25) is 0 Å². The second-order valence-corrected chi connectivity index (χ2v) is 8.00. The minimum atomic E-state index is -3.51. The van der Waals surface area contributed by atoms with Gasteiger partial charge in [0, 0.05) is 19.7 Å². The standard InChI is InChI=1S/C20H23NO5S/c1-5-26-19-13-7-15(14-20(19)25-4)6-12-18(22)16-8-10-17(11-9-16)27(23,24)21(2)3/h6-14H,5H2,1-4H3/b12-6+. The lowest BCUT2D eigenvalue weighted by atomic mass is 10.1. The molecule has 0 bridgehead atoms. The Morgan fingerprint density at radius 2 is 1.74 bits per heavy atom. The molecule has 7 heteroatoms. The molecule has 2 aromatic carbocycles. The maximum absolute atomic E-state index is 12.3. The number of ketones is 1. The van der Waals surface area contributed by atoms with Crippen molar-refractivity contribution in [2.24, 2.45) is 0 Å². The monoisotopic (exact) mass is 389 g/mol. The van der Waals surface area contributed by atoms with E-state index < -0.39 is 10.0 Å². The second-order valence-electron chi connectivity index (χ2n) is 5.85. The average Bonchev–Trinajstić information content (AvgIpc) is 2.67. The van der Waals surface area contributed by atoms with Crippen LogP contribution in [0.3, 0.4) is 0 Å². The van der Waals surface area contributed by atoms with Crippen LogP contribution < -0.4 is 9.47 Å². The lowest BCUT2D eigenvalue weighted by Crippen LogP contribution is -2.22. The summed E-state index contributed by atoms with van der Waals surface area (Å²) in [5.74, 6) is 1.00. The van der Waals surface area contributed by atoms with Crippen LogP contribution >= 0.6 is 0 Å². The van der Waals surface area contributed by atoms with Crippen molar-refractivity contribution in [3.05, 3.63) is 59.7 Å². The number of hydrogen-bond donors (Lipinski definition) is 0. The molecule has 0 heterocycles. The Balaban J connectivity index is 2.17. The molecule has 2 aromatic rings. The van der Waals surface area contributed by atoms with Gasteiger partial charge in [-0.15, -0.1) is 0 Å². The summed E-state index contributed by atoms with van der Waals surface area (Å²) in [5, 5.41) is 0. The molecule has 0 fully saturated rings. The Kier molecular flexibility index (Phi) is 6.76. The van der Waals surface area contributed by atoms with Crippen molar-refractivity contribution in [2.45, 2.75) is 11.8 Å². The van der Waals surface area contributed by atoms with Crippen LogP contribution in [0.4, 0.5) is 0 Å². The van der Waals surface area contributed by atoms with E-state index in [1.165, 1.54) is 44.4 Å². The van der Waals surface area contributed by atoms with Gasteiger partial charge in [0.15, 0.2) is 17.3 Å². The van der Waals surface area contributed by atoms with Crippen molar-refractivity contribution >= 4 is 21.9 Å². The molecule has 144 valence electrons. The molecule has 0 unspecified atom stereocenters. The Hall–Kier alpha value is -2.64. The first-order valence-electron chi connectivity index (χ1n) is 8.35. The zero-order valence-corrected chi connectivity index (χ0v) is 16.6. The smallest absolute Gasteiger partial charge is 0.242 e. The van der Waals surface area contributed by atoms with E-state index in [-0.39, 0.29) is 10.7 Å². The predicted molar refractivity (Wildman–Crippen MR) is 105 cm³/mol. The van der Waals surface area contributed by atoms with Crippen molar-refractivity contribution in [1.29, 1.82) is 0 Å². The second kappa shape index (κ2) is 8.83. The Morgan fingerprint density at radius 1 is 1.07 bits per heavy atom. The van der Waals surface area contributed by atoms with Gasteiger partial charge in [-0.1, -0.05) is 12.1 Å². The minimum Gasteiger partial charge on any atom is -0.493 e. The van der Waals surface area contributed by atoms with E-state index in [2.05, 4.69) is 0 Å². The quantitative estimate of drug-likeness (QED) is 0.512. The Labute approximate surface area is 160 Å². The number of sulfonamides is 1. The molecular formula is C20H23NO5S. The van der Waals surface area contributed by atoms with Crippen molar-refractivity contribution in [1.82, 2.24) is 4.31 Å². The summed E-state index contributed by atoms with van der Waals surface area (Å²) >= 11 is 0. The highest BCUT2D eigenvalue weighted by Gasteiger charge is 2.17. The fourth-order valence-electron chi connectivity index (χ4n) is 2.33. The third-order valence-corrected chi connectivity index (χ3v) is 5.66. The predicted octanol–water partition coefficient (Wildman–Crippen LogP) is 3.24. The minimum absolute atomic E-state index is 0.143. The van der Waals surface area contributed by atoms with E-state index in [1.807, 2.05) is 13.0 Å². The number of rotatable bonds is 8. The van der Waals surface area contributed by atoms with Gasteiger partial charge in [-0.25, -0.2) is 12.7 Å². The summed E-state index contributed by atoms with van der Waals surface area (Å²) in [6.07, 6.45) is 3.11. The number of hydrogen-bond acceptors (Lipinski definition) is 5. The van der Waals surface area contributed by atoms with Crippen molar-refractivity contribution in [3.63, 3.8) is 0 Å². The fourth-order valence-corrected chi connectivity index (χ4v) is 3.23. The fraction of sp³-hybridized carbons (Fsp3) is 0.250. The zero-order valence-electron chi connectivity index (χ0n) is 15.8. The molecular weight excluding hydrogens is 366 g/mol. The van der Waals surface area contributed by atoms with Gasteiger partial charge in [0.2, 0.25) is 10.0 Å². The number of nitrogens with zero attached hydrogens (tertiary/aromatic N) is 1. The van der Waals surface area contributed by atoms with E-state index >= 15 is 0 Å². The first-order chi connectivity index (χ1) is 12.8. The molecule has 27 heavy (non-hydrogen) atoms. The van der Waals surface area contributed by atoms with E-state index in [1.54, 1.807) is 25.3 Å². The maximum atomic E-state index is 12.3. The van der Waals surface area contributed by atoms with Crippen LogP contribution in [0, 0.1) is 0 Å². The molecule has 0 saturated carbocycles. The summed E-state index contributed by atoms with van der Waals surface area (Å²) in [4.78, 5) is 12.5. The van der Waals surface area contributed by atoms with Crippen LogP contribution in [-0.4, -0.2) is 46.3 Å². The number of carbonyl (C=O) groups is 1. The van der Waals surface area contributed by atoms with Crippen molar-refractivity contribution in [2.75, 3.05) is 27.8 Å². The molecule has 0 atom stereocenters. The topological polar surface area (TPSA) is 72.9 Å². The van der Waals surface area contributed by atoms with Gasteiger partial charge in [0.05, 0.1) is 18.6 Å². The SMILES string of the molecule is CCOc1ccc(/C=C/C(=O)c2ccc(S(=O)(=O)N(C)C)cc2)cc1OC. The van der Waals surface area contributed by atoms with Gasteiger partial charge in [-0.05, 0) is 55.0 Å². The van der Waals surface area contributed by atoms with E-state index in [4.69, 9.17) is 9.47 Å². The molecule has 0 saturated heterocycles.